The molecule has 4 fully saturated rings. The van der Waals surface area contributed by atoms with Gasteiger partial charge in [-0.2, -0.15) is 0 Å². The molecular weight excluding hydrogens is 236 g/mol. The molecule has 0 aliphatic heterocycles. The second kappa shape index (κ2) is 4.76. The molecular formula is C16H28N2O. The summed E-state index contributed by atoms with van der Waals surface area (Å²) in [6, 6.07) is 0. The van der Waals surface area contributed by atoms with Crippen LogP contribution in [0.3, 0.4) is 0 Å². The molecule has 0 saturated heterocycles. The number of hydrogen-bond acceptors (Lipinski definition) is 2. The van der Waals surface area contributed by atoms with Gasteiger partial charge >= 0.3 is 0 Å². The van der Waals surface area contributed by atoms with Crippen LogP contribution in [-0.2, 0) is 4.79 Å². The summed E-state index contributed by atoms with van der Waals surface area (Å²) in [6.45, 7) is 4.42. The lowest BCUT2D eigenvalue weighted by atomic mass is 9.50. The van der Waals surface area contributed by atoms with Crippen molar-refractivity contribution in [3.05, 3.63) is 0 Å². The molecule has 0 radical (unpaired) electrons. The largest absolute Gasteiger partial charge is 0.350 e. The fourth-order valence-electron chi connectivity index (χ4n) is 5.44. The van der Waals surface area contributed by atoms with E-state index in [4.69, 9.17) is 5.73 Å². The molecule has 0 unspecified atom stereocenters. The van der Waals surface area contributed by atoms with E-state index < -0.39 is 0 Å². The van der Waals surface area contributed by atoms with Gasteiger partial charge in [-0.15, -0.1) is 0 Å². The van der Waals surface area contributed by atoms with Crippen LogP contribution in [0.2, 0.25) is 0 Å². The maximum Gasteiger partial charge on any atom is 0.234 e. The number of amides is 1. The van der Waals surface area contributed by atoms with Crippen LogP contribution >= 0.6 is 0 Å². The van der Waals surface area contributed by atoms with Gasteiger partial charge in [0.2, 0.25) is 5.91 Å². The van der Waals surface area contributed by atoms with Gasteiger partial charge < -0.3 is 11.1 Å². The van der Waals surface area contributed by atoms with E-state index in [9.17, 15) is 4.79 Å². The van der Waals surface area contributed by atoms with Gasteiger partial charge in [-0.05, 0) is 82.0 Å². The summed E-state index contributed by atoms with van der Waals surface area (Å²) in [5, 5.41) is 3.10. The predicted molar refractivity (Wildman–Crippen MR) is 76.4 cm³/mol. The molecule has 0 spiro atoms. The van der Waals surface area contributed by atoms with Crippen molar-refractivity contribution >= 4 is 5.91 Å². The average molecular weight is 264 g/mol. The maximum absolute atomic E-state index is 11.5. The Bertz CT molecular complexity index is 336. The third-order valence-corrected chi connectivity index (χ3v) is 5.83. The molecule has 0 heterocycles. The van der Waals surface area contributed by atoms with Crippen LogP contribution in [0.5, 0.6) is 0 Å². The molecule has 4 saturated carbocycles. The first kappa shape index (κ1) is 13.4. The smallest absolute Gasteiger partial charge is 0.234 e. The summed E-state index contributed by atoms with van der Waals surface area (Å²) < 4.78 is 0. The first-order valence-electron chi connectivity index (χ1n) is 7.98. The van der Waals surface area contributed by atoms with Crippen molar-refractivity contribution in [2.45, 2.75) is 57.9 Å². The summed E-state index contributed by atoms with van der Waals surface area (Å²) in [5.74, 6) is 4.74. The second-order valence-corrected chi connectivity index (χ2v) is 7.93. The number of hydrogen-bond donors (Lipinski definition) is 2. The fourth-order valence-corrected chi connectivity index (χ4v) is 5.44. The Morgan fingerprint density at radius 2 is 1.63 bits per heavy atom. The third-order valence-electron chi connectivity index (χ3n) is 5.83. The highest BCUT2D eigenvalue weighted by molar-refractivity contribution is 5.78. The Hall–Kier alpha value is -0.570. The highest BCUT2D eigenvalue weighted by atomic mass is 16.1. The summed E-state index contributed by atoms with van der Waals surface area (Å²) in [6.07, 6.45) is 8.47. The van der Waals surface area contributed by atoms with Crippen LogP contribution in [0.4, 0.5) is 0 Å². The minimum Gasteiger partial charge on any atom is -0.350 e. The zero-order chi connectivity index (χ0) is 13.6. The van der Waals surface area contributed by atoms with Crippen LogP contribution in [0.1, 0.15) is 52.4 Å². The molecule has 4 bridgehead atoms. The molecule has 3 N–H and O–H groups in total. The summed E-state index contributed by atoms with van der Waals surface area (Å²) in [4.78, 5) is 11.5. The minimum atomic E-state index is -0.101. The van der Waals surface area contributed by atoms with E-state index in [1.54, 1.807) is 0 Å². The second-order valence-electron chi connectivity index (χ2n) is 7.93. The van der Waals surface area contributed by atoms with Gasteiger partial charge in [0.25, 0.3) is 0 Å². The van der Waals surface area contributed by atoms with E-state index in [0.29, 0.717) is 0 Å². The number of carbonyl (C=O) groups excluding carboxylic acids is 1. The lowest BCUT2D eigenvalue weighted by Crippen LogP contribution is -2.52. The van der Waals surface area contributed by atoms with Crippen molar-refractivity contribution < 1.29 is 4.79 Å². The van der Waals surface area contributed by atoms with Gasteiger partial charge in [-0.1, -0.05) is 0 Å². The normalized spacial score (nSPS) is 40.5. The molecule has 3 nitrogen and oxygen atoms in total. The van der Waals surface area contributed by atoms with Crippen LogP contribution in [0.25, 0.3) is 0 Å². The average Bonchev–Trinajstić information content (AvgIpc) is 2.32. The monoisotopic (exact) mass is 264 g/mol. The van der Waals surface area contributed by atoms with Gasteiger partial charge in [0.1, 0.15) is 0 Å². The van der Waals surface area contributed by atoms with E-state index in [0.717, 1.165) is 36.0 Å². The molecule has 4 aliphatic carbocycles. The van der Waals surface area contributed by atoms with Crippen LogP contribution < -0.4 is 11.1 Å². The number of rotatable bonds is 4. The molecule has 19 heavy (non-hydrogen) atoms. The maximum atomic E-state index is 11.5. The highest BCUT2D eigenvalue weighted by Crippen LogP contribution is 2.58. The standard InChI is InChI=1S/C16H28N2O/c1-16(2,18-15(19)9-17)8-14-12-4-10-3-11(6-12)7-13(14)5-10/h10-14H,3-9,17H2,1-2H3,(H,18,19). The summed E-state index contributed by atoms with van der Waals surface area (Å²) >= 11 is 0. The lowest BCUT2D eigenvalue weighted by Gasteiger charge is -2.55. The van der Waals surface area contributed by atoms with Crippen LogP contribution in [-0.4, -0.2) is 18.0 Å². The van der Waals surface area contributed by atoms with Crippen molar-refractivity contribution in [3.8, 4) is 0 Å². The molecule has 3 heteroatoms. The third kappa shape index (κ3) is 2.67. The predicted octanol–water partition coefficient (Wildman–Crippen LogP) is 2.30. The number of carbonyl (C=O) groups is 1. The van der Waals surface area contributed by atoms with Crippen LogP contribution in [0, 0.1) is 29.6 Å². The highest BCUT2D eigenvalue weighted by Gasteiger charge is 2.49. The SMILES string of the molecule is CC(C)(CC1C2CC3CC(C2)CC1C3)NC(=O)CN. The molecule has 1 amide bonds. The van der Waals surface area contributed by atoms with Gasteiger partial charge in [-0.25, -0.2) is 0 Å². The molecule has 0 aromatic rings. The van der Waals surface area contributed by atoms with Gasteiger partial charge in [0.15, 0.2) is 0 Å². The topological polar surface area (TPSA) is 55.1 Å². The molecule has 0 aromatic carbocycles. The fraction of sp³-hybridized carbons (Fsp3) is 0.938. The van der Waals surface area contributed by atoms with E-state index in [-0.39, 0.29) is 18.0 Å². The van der Waals surface area contributed by atoms with Gasteiger partial charge in [-0.3, -0.25) is 4.79 Å². The van der Waals surface area contributed by atoms with Crippen molar-refractivity contribution in [2.24, 2.45) is 35.3 Å². The van der Waals surface area contributed by atoms with E-state index in [1.165, 1.54) is 32.1 Å². The quantitative estimate of drug-likeness (QED) is 0.818. The van der Waals surface area contributed by atoms with Gasteiger partial charge in [0.05, 0.1) is 6.54 Å². The Morgan fingerprint density at radius 1 is 1.11 bits per heavy atom. The summed E-state index contributed by atoms with van der Waals surface area (Å²) in [7, 11) is 0. The first-order valence-corrected chi connectivity index (χ1v) is 7.98. The Morgan fingerprint density at radius 3 is 2.11 bits per heavy atom. The Kier molecular flexibility index (Phi) is 3.36. The first-order chi connectivity index (χ1) is 8.97. The van der Waals surface area contributed by atoms with Crippen molar-refractivity contribution in [1.82, 2.24) is 5.32 Å². The number of nitrogens with one attached hydrogen (secondary N) is 1. The molecule has 0 atom stereocenters. The molecule has 4 aliphatic rings. The molecule has 0 aromatic heterocycles. The van der Waals surface area contributed by atoms with Crippen molar-refractivity contribution in [2.75, 3.05) is 6.54 Å². The minimum absolute atomic E-state index is 0.0196. The zero-order valence-electron chi connectivity index (χ0n) is 12.3. The van der Waals surface area contributed by atoms with E-state index >= 15 is 0 Å². The Labute approximate surface area is 116 Å². The lowest BCUT2D eigenvalue weighted by molar-refractivity contribution is -0.122. The van der Waals surface area contributed by atoms with Crippen molar-refractivity contribution in [1.29, 1.82) is 0 Å². The van der Waals surface area contributed by atoms with E-state index in [1.807, 2.05) is 0 Å². The molecule has 4 rings (SSSR count). The van der Waals surface area contributed by atoms with Crippen LogP contribution in [0.15, 0.2) is 0 Å². The molecule has 108 valence electrons. The zero-order valence-corrected chi connectivity index (χ0v) is 12.3. The Balaban J connectivity index is 1.65. The van der Waals surface area contributed by atoms with Gasteiger partial charge in [0, 0.05) is 5.54 Å². The van der Waals surface area contributed by atoms with Crippen molar-refractivity contribution in [3.63, 3.8) is 0 Å². The van der Waals surface area contributed by atoms with E-state index in [2.05, 4.69) is 19.2 Å². The summed E-state index contributed by atoms with van der Waals surface area (Å²) in [5.41, 5.74) is 5.32. The number of nitrogens with two attached hydrogens (primary N) is 1.